The first-order chi connectivity index (χ1) is 14.9. The lowest BCUT2D eigenvalue weighted by Gasteiger charge is -2.16. The lowest BCUT2D eigenvalue weighted by molar-refractivity contribution is 0.144. The van der Waals surface area contributed by atoms with E-state index in [9.17, 15) is 8.42 Å². The Morgan fingerprint density at radius 1 is 0.903 bits per heavy atom. The van der Waals surface area contributed by atoms with Gasteiger partial charge in [-0.15, -0.1) is 0 Å². The van der Waals surface area contributed by atoms with Gasteiger partial charge in [0.15, 0.2) is 5.75 Å². The molecule has 0 unspecified atom stereocenters. The molecule has 9 heteroatoms. The monoisotopic (exact) mass is 480 g/mol. The van der Waals surface area contributed by atoms with E-state index in [4.69, 9.17) is 38.4 Å². The smallest absolute Gasteiger partial charge is 0.262 e. The molecule has 3 aromatic rings. The summed E-state index contributed by atoms with van der Waals surface area (Å²) < 4.78 is 40.2. The van der Waals surface area contributed by atoms with Crippen molar-refractivity contribution < 1.29 is 17.9 Å². The Kier molecular flexibility index (Phi) is 8.17. The first-order valence-electron chi connectivity index (χ1n) is 9.50. The van der Waals surface area contributed by atoms with Crippen molar-refractivity contribution in [3.05, 3.63) is 82.3 Å². The summed E-state index contributed by atoms with van der Waals surface area (Å²) in [5.41, 5.74) is 6.28. The third-order valence-electron chi connectivity index (χ3n) is 4.26. The number of nitrogens with two attached hydrogens (primary N) is 1. The number of ether oxygens (including phenoxy) is 2. The van der Waals surface area contributed by atoms with E-state index >= 15 is 0 Å². The number of anilines is 1. The molecule has 3 N–H and O–H groups in total. The van der Waals surface area contributed by atoms with Crippen LogP contribution in [-0.2, 0) is 21.2 Å². The zero-order valence-corrected chi connectivity index (χ0v) is 18.9. The molecule has 0 saturated carbocycles. The molecule has 0 aliphatic carbocycles. The predicted octanol–water partition coefficient (Wildman–Crippen LogP) is 5.10. The molecule has 3 aromatic carbocycles. The molecule has 31 heavy (non-hydrogen) atoms. The van der Waals surface area contributed by atoms with Gasteiger partial charge in [-0.1, -0.05) is 35.3 Å². The van der Waals surface area contributed by atoms with Crippen molar-refractivity contribution in [2.45, 2.75) is 11.3 Å². The largest absolute Gasteiger partial charge is 0.455 e. The molecule has 6 nitrogen and oxygen atoms in total. The number of hydrogen-bond donors (Lipinski definition) is 2. The van der Waals surface area contributed by atoms with Crippen LogP contribution in [-0.4, -0.2) is 28.2 Å². The normalized spacial score (nSPS) is 11.3. The fourth-order valence-electron chi connectivity index (χ4n) is 2.84. The highest BCUT2D eigenvalue weighted by atomic mass is 35.5. The summed E-state index contributed by atoms with van der Waals surface area (Å²) in [5, 5.41) is 1.02. The van der Waals surface area contributed by atoms with E-state index in [1.54, 1.807) is 54.6 Å². The number of rotatable bonds is 10. The molecule has 0 spiro atoms. The molecule has 0 aliphatic heterocycles. The van der Waals surface area contributed by atoms with Gasteiger partial charge in [-0.2, -0.15) is 0 Å². The zero-order valence-electron chi connectivity index (χ0n) is 16.6. The summed E-state index contributed by atoms with van der Waals surface area (Å²) in [4.78, 5) is 0.120. The molecule has 0 fully saturated rings. The first kappa shape index (κ1) is 23.4. The highest BCUT2D eigenvalue weighted by Crippen LogP contribution is 2.32. The van der Waals surface area contributed by atoms with Gasteiger partial charge in [0, 0.05) is 16.6 Å². The standard InChI is InChI=1S/C22H22Cl2N2O4S/c23-17-5-8-19(9-6-17)30-21-4-2-1-3-20(21)26-31(27,28)22-10-7-18(24)15-16(22)11-13-29-14-12-25/h1-10,15,26H,11-14,25H2. The third kappa shape index (κ3) is 6.59. The number of hydrogen-bond acceptors (Lipinski definition) is 5. The Bertz CT molecular complexity index is 1120. The second kappa shape index (κ2) is 10.8. The van der Waals surface area contributed by atoms with Gasteiger partial charge in [0.25, 0.3) is 10.0 Å². The quantitative estimate of drug-likeness (QED) is 0.393. The molecule has 0 amide bonds. The van der Waals surface area contributed by atoms with Crippen LogP contribution in [0.3, 0.4) is 0 Å². The number of para-hydroxylation sites is 2. The maximum absolute atomic E-state index is 13.2. The molecule has 0 bridgehead atoms. The van der Waals surface area contributed by atoms with E-state index in [-0.39, 0.29) is 4.90 Å². The maximum Gasteiger partial charge on any atom is 0.262 e. The molecule has 0 radical (unpaired) electrons. The second-order valence-electron chi connectivity index (χ2n) is 6.56. The van der Waals surface area contributed by atoms with Crippen LogP contribution in [0.4, 0.5) is 5.69 Å². The van der Waals surface area contributed by atoms with Gasteiger partial charge in [0.2, 0.25) is 0 Å². The highest BCUT2D eigenvalue weighted by molar-refractivity contribution is 7.92. The summed E-state index contributed by atoms with van der Waals surface area (Å²) in [6, 6.07) is 18.2. The number of benzene rings is 3. The summed E-state index contributed by atoms with van der Waals surface area (Å²) in [6.45, 7) is 1.12. The van der Waals surface area contributed by atoms with Crippen LogP contribution in [0.2, 0.25) is 10.0 Å². The summed E-state index contributed by atoms with van der Waals surface area (Å²) >= 11 is 12.0. The van der Waals surface area contributed by atoms with Gasteiger partial charge in [0.1, 0.15) is 5.75 Å². The van der Waals surface area contributed by atoms with Crippen molar-refractivity contribution in [1.29, 1.82) is 0 Å². The van der Waals surface area contributed by atoms with E-state index in [1.807, 2.05) is 0 Å². The van der Waals surface area contributed by atoms with Gasteiger partial charge in [0.05, 0.1) is 23.8 Å². The lowest BCUT2D eigenvalue weighted by Crippen LogP contribution is -2.17. The van der Waals surface area contributed by atoms with Crippen molar-refractivity contribution in [1.82, 2.24) is 0 Å². The summed E-state index contributed by atoms with van der Waals surface area (Å²) in [5.74, 6) is 0.885. The highest BCUT2D eigenvalue weighted by Gasteiger charge is 2.21. The van der Waals surface area contributed by atoms with Gasteiger partial charge >= 0.3 is 0 Å². The van der Waals surface area contributed by atoms with Crippen LogP contribution in [0.5, 0.6) is 11.5 Å². The molecule has 0 atom stereocenters. The molecular formula is C22H22Cl2N2O4S. The Hall–Kier alpha value is -2.29. The minimum Gasteiger partial charge on any atom is -0.455 e. The lowest BCUT2D eigenvalue weighted by atomic mass is 10.1. The Labute approximate surface area is 191 Å². The first-order valence-corrected chi connectivity index (χ1v) is 11.7. The Balaban J connectivity index is 1.85. The maximum atomic E-state index is 13.2. The van der Waals surface area contributed by atoms with Gasteiger partial charge in [-0.05, 0) is 66.6 Å². The molecule has 0 heterocycles. The van der Waals surface area contributed by atoms with E-state index in [0.29, 0.717) is 59.0 Å². The minimum atomic E-state index is -3.91. The van der Waals surface area contributed by atoms with E-state index in [2.05, 4.69) is 4.72 Å². The SMILES string of the molecule is NCCOCCc1cc(Cl)ccc1S(=O)(=O)Nc1ccccc1Oc1ccc(Cl)cc1. The number of sulfonamides is 1. The van der Waals surface area contributed by atoms with Crippen molar-refractivity contribution in [2.24, 2.45) is 5.73 Å². The fraction of sp³-hybridized carbons (Fsp3) is 0.182. The fourth-order valence-corrected chi connectivity index (χ4v) is 4.48. The van der Waals surface area contributed by atoms with Crippen molar-refractivity contribution in [3.63, 3.8) is 0 Å². The Morgan fingerprint density at radius 3 is 2.35 bits per heavy atom. The molecule has 164 valence electrons. The summed E-state index contributed by atoms with van der Waals surface area (Å²) in [7, 11) is -3.91. The molecule has 3 rings (SSSR count). The van der Waals surface area contributed by atoms with E-state index in [1.165, 1.54) is 12.1 Å². The van der Waals surface area contributed by atoms with Crippen LogP contribution < -0.4 is 15.2 Å². The Morgan fingerprint density at radius 2 is 1.61 bits per heavy atom. The van der Waals surface area contributed by atoms with E-state index < -0.39 is 10.0 Å². The predicted molar refractivity (Wildman–Crippen MR) is 124 cm³/mol. The topological polar surface area (TPSA) is 90.7 Å². The van der Waals surface area contributed by atoms with Crippen molar-refractivity contribution in [3.8, 4) is 11.5 Å². The van der Waals surface area contributed by atoms with Crippen LogP contribution in [0, 0.1) is 0 Å². The minimum absolute atomic E-state index is 0.120. The average molecular weight is 481 g/mol. The molecule has 0 saturated heterocycles. The van der Waals surface area contributed by atoms with Crippen LogP contribution in [0.25, 0.3) is 0 Å². The second-order valence-corrected chi connectivity index (χ2v) is 9.08. The zero-order chi connectivity index (χ0) is 22.3. The van der Waals surface area contributed by atoms with Crippen molar-refractivity contribution >= 4 is 38.9 Å². The summed E-state index contributed by atoms with van der Waals surface area (Å²) in [6.07, 6.45) is 0.375. The van der Waals surface area contributed by atoms with Crippen molar-refractivity contribution in [2.75, 3.05) is 24.5 Å². The van der Waals surface area contributed by atoms with Crippen LogP contribution in [0.15, 0.2) is 71.6 Å². The molecule has 0 aliphatic rings. The van der Waals surface area contributed by atoms with E-state index in [0.717, 1.165) is 0 Å². The molecular weight excluding hydrogens is 459 g/mol. The average Bonchev–Trinajstić information content (AvgIpc) is 2.74. The number of halogens is 2. The van der Waals surface area contributed by atoms with Gasteiger partial charge in [-0.25, -0.2) is 8.42 Å². The van der Waals surface area contributed by atoms with Gasteiger partial charge in [-0.3, -0.25) is 4.72 Å². The molecule has 0 aromatic heterocycles. The van der Waals surface area contributed by atoms with Crippen LogP contribution in [0.1, 0.15) is 5.56 Å². The number of nitrogens with one attached hydrogen (secondary N) is 1. The third-order valence-corrected chi connectivity index (χ3v) is 6.22. The van der Waals surface area contributed by atoms with Crippen LogP contribution >= 0.6 is 23.2 Å². The van der Waals surface area contributed by atoms with Gasteiger partial charge < -0.3 is 15.2 Å².